The summed E-state index contributed by atoms with van der Waals surface area (Å²) in [5, 5.41) is 7.23. The van der Waals surface area contributed by atoms with Gasteiger partial charge in [-0.3, -0.25) is 9.59 Å². The van der Waals surface area contributed by atoms with Gasteiger partial charge < -0.3 is 15.1 Å². The molecule has 1 amide bonds. The Kier molecular flexibility index (Phi) is 7.99. The van der Waals surface area contributed by atoms with Crippen LogP contribution in [0.5, 0.6) is 0 Å². The standard InChI is InChI=1S/C28H34N8O2S/c1-5-34(6-2)18(3)7-8-24(37)19-15-22(32-26(16-19)35-13-11-23(35)28(38)29-4)20-17-30-36-14-10-21(33-27(20)36)25-9-12-31-39-25/h9-10,12,14-18,23H,5-8,11,13H2,1-4H3,(H,29,38)/t18-,23-/m0/s1. The number of amides is 1. The first-order valence-electron chi connectivity index (χ1n) is 13.5. The van der Waals surface area contributed by atoms with Crippen LogP contribution in [0.2, 0.25) is 0 Å². The van der Waals surface area contributed by atoms with Crippen molar-refractivity contribution in [2.75, 3.05) is 31.6 Å². The van der Waals surface area contributed by atoms with E-state index in [0.717, 1.165) is 42.1 Å². The predicted octanol–water partition coefficient (Wildman–Crippen LogP) is 3.93. The zero-order valence-corrected chi connectivity index (χ0v) is 23.6. The third kappa shape index (κ3) is 5.41. The Hall–Kier alpha value is -3.70. The van der Waals surface area contributed by atoms with E-state index in [1.165, 1.54) is 11.5 Å². The number of likely N-dealkylation sites (N-methyl/N-ethyl adjacent to an activating group) is 1. The molecule has 10 nitrogen and oxygen atoms in total. The van der Waals surface area contributed by atoms with Crippen LogP contribution in [0, 0.1) is 0 Å². The molecule has 5 rings (SSSR count). The quantitative estimate of drug-likeness (QED) is 0.282. The van der Waals surface area contributed by atoms with E-state index in [2.05, 4.69) is 40.5 Å². The SMILES string of the molecule is CCN(CC)[C@@H](C)CCC(=O)c1cc(-c2cnn3ccc(-c4ccns4)nc23)nc(N2CC[C@H]2C(=O)NC)c1. The van der Waals surface area contributed by atoms with Gasteiger partial charge in [0, 0.05) is 44.0 Å². The van der Waals surface area contributed by atoms with Crippen molar-refractivity contribution in [3.8, 4) is 21.8 Å². The summed E-state index contributed by atoms with van der Waals surface area (Å²) in [6, 6.07) is 7.50. The van der Waals surface area contributed by atoms with Crippen molar-refractivity contribution in [2.45, 2.75) is 52.1 Å². The predicted molar refractivity (Wildman–Crippen MR) is 153 cm³/mol. The van der Waals surface area contributed by atoms with Crippen LogP contribution >= 0.6 is 11.5 Å². The second kappa shape index (κ2) is 11.6. The van der Waals surface area contributed by atoms with E-state index >= 15 is 0 Å². The van der Waals surface area contributed by atoms with Gasteiger partial charge in [-0.25, -0.2) is 18.9 Å². The largest absolute Gasteiger partial charge is 0.357 e. The van der Waals surface area contributed by atoms with E-state index in [1.54, 1.807) is 24.0 Å². The van der Waals surface area contributed by atoms with Gasteiger partial charge in [0.15, 0.2) is 11.4 Å². The number of nitrogens with one attached hydrogen (secondary N) is 1. The number of hydrogen-bond donors (Lipinski definition) is 1. The second-order valence-corrected chi connectivity index (χ2v) is 10.6. The highest BCUT2D eigenvalue weighted by Gasteiger charge is 2.35. The van der Waals surface area contributed by atoms with Crippen LogP contribution in [0.1, 0.15) is 50.4 Å². The van der Waals surface area contributed by atoms with Crippen LogP contribution in [0.25, 0.3) is 27.5 Å². The number of Topliss-reactive ketones (excluding diaryl/α,β-unsaturated/α-hetero) is 1. The van der Waals surface area contributed by atoms with Gasteiger partial charge in [0.1, 0.15) is 11.9 Å². The number of aromatic nitrogens is 5. The van der Waals surface area contributed by atoms with Crippen molar-refractivity contribution in [1.29, 1.82) is 0 Å². The highest BCUT2D eigenvalue weighted by Crippen LogP contribution is 2.32. The molecule has 0 aliphatic carbocycles. The van der Waals surface area contributed by atoms with Crippen molar-refractivity contribution in [2.24, 2.45) is 0 Å². The highest BCUT2D eigenvalue weighted by molar-refractivity contribution is 7.09. The van der Waals surface area contributed by atoms with Crippen molar-refractivity contribution < 1.29 is 9.59 Å². The Balaban J connectivity index is 1.52. The second-order valence-electron chi connectivity index (χ2n) is 9.76. The van der Waals surface area contributed by atoms with Crippen molar-refractivity contribution in [3.05, 3.63) is 48.4 Å². The average Bonchev–Trinajstić information content (AvgIpc) is 3.61. The van der Waals surface area contributed by atoms with Crippen LogP contribution < -0.4 is 10.2 Å². The molecule has 0 radical (unpaired) electrons. The third-order valence-electron chi connectivity index (χ3n) is 7.56. The lowest BCUT2D eigenvalue weighted by Crippen LogP contribution is -2.56. The van der Waals surface area contributed by atoms with Gasteiger partial charge in [-0.05, 0) is 68.7 Å². The zero-order chi connectivity index (χ0) is 27.5. The molecule has 1 saturated heterocycles. The Morgan fingerprint density at radius 2 is 2.00 bits per heavy atom. The zero-order valence-electron chi connectivity index (χ0n) is 22.8. The number of rotatable bonds is 11. The summed E-state index contributed by atoms with van der Waals surface area (Å²) in [5.41, 5.74) is 3.37. The minimum absolute atomic E-state index is 0.0544. The Morgan fingerprint density at radius 1 is 1.18 bits per heavy atom. The topological polar surface area (TPSA) is 109 Å². The molecule has 2 atom stereocenters. The summed E-state index contributed by atoms with van der Waals surface area (Å²) in [6.07, 6.45) is 7.29. The molecule has 1 N–H and O–H groups in total. The summed E-state index contributed by atoms with van der Waals surface area (Å²) in [4.78, 5) is 41.0. The van der Waals surface area contributed by atoms with E-state index in [0.29, 0.717) is 41.7 Å². The summed E-state index contributed by atoms with van der Waals surface area (Å²) in [5.74, 6) is 0.623. The number of hydrogen-bond acceptors (Lipinski definition) is 9. The number of ketones is 1. The lowest BCUT2D eigenvalue weighted by molar-refractivity contribution is -0.123. The van der Waals surface area contributed by atoms with Crippen LogP contribution in [0.15, 0.2) is 42.9 Å². The number of anilines is 1. The molecule has 39 heavy (non-hydrogen) atoms. The lowest BCUT2D eigenvalue weighted by Gasteiger charge is -2.40. The van der Waals surface area contributed by atoms with E-state index in [1.807, 2.05) is 35.4 Å². The van der Waals surface area contributed by atoms with Crippen LogP contribution in [0.4, 0.5) is 5.82 Å². The van der Waals surface area contributed by atoms with Gasteiger partial charge in [-0.1, -0.05) is 13.8 Å². The van der Waals surface area contributed by atoms with E-state index in [9.17, 15) is 9.59 Å². The van der Waals surface area contributed by atoms with Gasteiger partial charge in [0.05, 0.1) is 28.0 Å². The summed E-state index contributed by atoms with van der Waals surface area (Å²) in [6.45, 7) is 9.06. The van der Waals surface area contributed by atoms with Gasteiger partial charge in [0.2, 0.25) is 5.91 Å². The first kappa shape index (κ1) is 26.9. The summed E-state index contributed by atoms with van der Waals surface area (Å²) < 4.78 is 5.90. The molecule has 0 spiro atoms. The van der Waals surface area contributed by atoms with E-state index in [4.69, 9.17) is 9.97 Å². The lowest BCUT2D eigenvalue weighted by atomic mass is 9.99. The van der Waals surface area contributed by atoms with Gasteiger partial charge >= 0.3 is 0 Å². The van der Waals surface area contributed by atoms with Gasteiger partial charge in [-0.15, -0.1) is 0 Å². The fraction of sp³-hybridized carbons (Fsp3) is 0.429. The molecule has 0 saturated carbocycles. The molecular weight excluding hydrogens is 512 g/mol. The number of fused-ring (bicyclic) bond motifs is 1. The van der Waals surface area contributed by atoms with Gasteiger partial charge in [0.25, 0.3) is 0 Å². The summed E-state index contributed by atoms with van der Waals surface area (Å²) in [7, 11) is 1.64. The number of carbonyl (C=O) groups excluding carboxylic acids is 2. The van der Waals surface area contributed by atoms with Gasteiger partial charge in [-0.2, -0.15) is 5.10 Å². The minimum atomic E-state index is -0.302. The molecule has 1 aliphatic heterocycles. The molecule has 204 valence electrons. The first-order chi connectivity index (χ1) is 18.9. The number of pyridine rings is 1. The van der Waals surface area contributed by atoms with Crippen LogP contribution in [-0.2, 0) is 4.79 Å². The molecule has 1 aliphatic rings. The molecule has 11 heteroatoms. The van der Waals surface area contributed by atoms with Crippen molar-refractivity contribution >= 4 is 34.7 Å². The molecular formula is C28H34N8O2S. The van der Waals surface area contributed by atoms with Crippen LogP contribution in [0.3, 0.4) is 0 Å². The maximum atomic E-state index is 13.5. The Labute approximate surface area is 232 Å². The Bertz CT molecular complexity index is 1460. The first-order valence-corrected chi connectivity index (χ1v) is 14.2. The van der Waals surface area contributed by atoms with Crippen LogP contribution in [-0.4, -0.2) is 79.3 Å². The van der Waals surface area contributed by atoms with E-state index in [-0.39, 0.29) is 17.7 Å². The fourth-order valence-corrected chi connectivity index (χ4v) is 5.68. The molecule has 4 aromatic rings. The van der Waals surface area contributed by atoms with Crippen molar-refractivity contribution in [1.82, 2.24) is 34.2 Å². The van der Waals surface area contributed by atoms with Crippen molar-refractivity contribution in [3.63, 3.8) is 0 Å². The molecule has 5 heterocycles. The average molecular weight is 547 g/mol. The minimum Gasteiger partial charge on any atom is -0.357 e. The monoisotopic (exact) mass is 546 g/mol. The Morgan fingerprint density at radius 3 is 2.67 bits per heavy atom. The maximum Gasteiger partial charge on any atom is 0.242 e. The normalized spacial score (nSPS) is 15.9. The van der Waals surface area contributed by atoms with E-state index < -0.39 is 0 Å². The molecule has 0 unspecified atom stereocenters. The molecule has 0 aromatic carbocycles. The number of nitrogens with zero attached hydrogens (tertiary/aromatic N) is 7. The molecule has 0 bridgehead atoms. The summed E-state index contributed by atoms with van der Waals surface area (Å²) >= 11 is 1.38. The third-order valence-corrected chi connectivity index (χ3v) is 8.33. The molecule has 4 aromatic heterocycles. The highest BCUT2D eigenvalue weighted by atomic mass is 32.1. The molecule has 1 fully saturated rings. The number of carbonyl (C=O) groups is 2. The smallest absolute Gasteiger partial charge is 0.242 e. The maximum absolute atomic E-state index is 13.5. The fourth-order valence-electron chi connectivity index (χ4n) is 5.11.